The van der Waals surface area contributed by atoms with E-state index in [0.29, 0.717) is 6.54 Å². The molecule has 0 aromatic carbocycles. The van der Waals surface area contributed by atoms with Gasteiger partial charge in [-0.05, 0) is 6.72 Å². The molecule has 0 amide bonds. The van der Waals surface area contributed by atoms with Gasteiger partial charge in [-0.2, -0.15) is 0 Å². The Balaban J connectivity index is 2.62. The normalized spacial score (nSPS) is 9.00. The van der Waals surface area contributed by atoms with Gasteiger partial charge in [0.2, 0.25) is 0 Å². The van der Waals surface area contributed by atoms with Crippen LogP contribution in [0.2, 0.25) is 0 Å². The number of nitrogens with zero attached hydrogens (tertiary/aromatic N) is 2. The van der Waals surface area contributed by atoms with E-state index in [2.05, 4.69) is 16.7 Å². The molecule has 2 nitrogen and oxygen atoms in total. The van der Waals surface area contributed by atoms with Crippen LogP contribution >= 0.6 is 11.3 Å². The summed E-state index contributed by atoms with van der Waals surface area (Å²) >= 11 is 1.60. The number of thiazole rings is 1. The van der Waals surface area contributed by atoms with E-state index in [1.54, 1.807) is 17.5 Å². The molecule has 1 rings (SSSR count). The lowest BCUT2D eigenvalue weighted by Crippen LogP contribution is -1.73. The van der Waals surface area contributed by atoms with Gasteiger partial charge in [-0.15, -0.1) is 11.3 Å². The van der Waals surface area contributed by atoms with Crippen LogP contribution in [0, 0.1) is 0 Å². The van der Waals surface area contributed by atoms with E-state index in [4.69, 9.17) is 0 Å². The van der Waals surface area contributed by atoms with Gasteiger partial charge in [-0.1, -0.05) is 0 Å². The molecule has 0 aliphatic carbocycles. The van der Waals surface area contributed by atoms with Gasteiger partial charge in [0.25, 0.3) is 0 Å². The van der Waals surface area contributed by atoms with Gasteiger partial charge in [0, 0.05) is 11.6 Å². The maximum atomic E-state index is 3.99. The minimum atomic E-state index is 0.650. The van der Waals surface area contributed by atoms with Crippen molar-refractivity contribution in [3.8, 4) is 0 Å². The molecule has 0 radical (unpaired) electrons. The molecule has 0 aliphatic heterocycles. The molecule has 0 aliphatic rings. The lowest BCUT2D eigenvalue weighted by Gasteiger charge is -1.80. The molecule has 0 fully saturated rings. The van der Waals surface area contributed by atoms with Gasteiger partial charge < -0.3 is 0 Å². The Morgan fingerprint density at radius 1 is 1.88 bits per heavy atom. The van der Waals surface area contributed by atoms with Gasteiger partial charge in [0.1, 0.15) is 5.01 Å². The minimum absolute atomic E-state index is 0.650. The molecule has 0 saturated heterocycles. The summed E-state index contributed by atoms with van der Waals surface area (Å²) in [4.78, 5) is 7.67. The third kappa shape index (κ3) is 1.13. The first kappa shape index (κ1) is 5.44. The van der Waals surface area contributed by atoms with Crippen LogP contribution in [0.1, 0.15) is 5.01 Å². The summed E-state index contributed by atoms with van der Waals surface area (Å²) in [5, 5.41) is 2.96. The maximum absolute atomic E-state index is 3.99. The maximum Gasteiger partial charge on any atom is 0.114 e. The van der Waals surface area contributed by atoms with E-state index in [0.717, 1.165) is 5.01 Å². The molecule has 0 unspecified atom stereocenters. The molecule has 0 atom stereocenters. The number of hydrogen-bond donors (Lipinski definition) is 0. The Morgan fingerprint density at radius 3 is 3.25 bits per heavy atom. The third-order valence-electron chi connectivity index (χ3n) is 0.731. The smallest absolute Gasteiger partial charge is 0.114 e. The van der Waals surface area contributed by atoms with Crippen LogP contribution in [0.5, 0.6) is 0 Å². The Hall–Kier alpha value is -0.700. The van der Waals surface area contributed by atoms with Crippen LogP contribution in [0.3, 0.4) is 0 Å². The fourth-order valence-corrected chi connectivity index (χ4v) is 0.993. The highest BCUT2D eigenvalue weighted by molar-refractivity contribution is 7.09. The van der Waals surface area contributed by atoms with Crippen LogP contribution in [-0.2, 0) is 6.54 Å². The fourth-order valence-electron chi connectivity index (χ4n) is 0.427. The van der Waals surface area contributed by atoms with Crippen LogP contribution in [0.4, 0.5) is 0 Å². The van der Waals surface area contributed by atoms with Crippen molar-refractivity contribution in [2.45, 2.75) is 6.54 Å². The Morgan fingerprint density at radius 2 is 2.75 bits per heavy atom. The molecule has 1 heterocycles. The highest BCUT2D eigenvalue weighted by Gasteiger charge is 1.87. The van der Waals surface area contributed by atoms with Crippen molar-refractivity contribution in [3.63, 3.8) is 0 Å². The second kappa shape index (κ2) is 2.57. The van der Waals surface area contributed by atoms with Crippen molar-refractivity contribution in [1.29, 1.82) is 0 Å². The molecule has 0 saturated carbocycles. The SMILES string of the molecule is C=NCc1nccs1. The van der Waals surface area contributed by atoms with Crippen LogP contribution in [0.15, 0.2) is 16.6 Å². The Bertz CT molecular complexity index is 157. The molecule has 1 aromatic rings. The van der Waals surface area contributed by atoms with E-state index < -0.39 is 0 Å². The van der Waals surface area contributed by atoms with E-state index in [1.165, 1.54) is 0 Å². The van der Waals surface area contributed by atoms with E-state index in [9.17, 15) is 0 Å². The molecule has 3 heteroatoms. The number of aliphatic imine (C=N–C) groups is 1. The van der Waals surface area contributed by atoms with Crippen molar-refractivity contribution in [2.24, 2.45) is 4.99 Å². The van der Waals surface area contributed by atoms with E-state index in [1.807, 2.05) is 5.38 Å². The first-order valence-corrected chi connectivity index (χ1v) is 3.12. The quantitative estimate of drug-likeness (QED) is 0.549. The average molecular weight is 126 g/mol. The largest absolute Gasteiger partial charge is 0.294 e. The van der Waals surface area contributed by atoms with Crippen molar-refractivity contribution >= 4 is 18.1 Å². The monoisotopic (exact) mass is 126 g/mol. The molecule has 42 valence electrons. The molecular weight excluding hydrogens is 120 g/mol. The van der Waals surface area contributed by atoms with E-state index >= 15 is 0 Å². The van der Waals surface area contributed by atoms with Crippen molar-refractivity contribution < 1.29 is 0 Å². The molecular formula is C5H6N2S. The van der Waals surface area contributed by atoms with Crippen LogP contribution in [-0.4, -0.2) is 11.7 Å². The van der Waals surface area contributed by atoms with Crippen LogP contribution < -0.4 is 0 Å². The summed E-state index contributed by atoms with van der Waals surface area (Å²) in [6.45, 7) is 4.00. The Kier molecular flexibility index (Phi) is 1.75. The summed E-state index contributed by atoms with van der Waals surface area (Å²) in [7, 11) is 0. The summed E-state index contributed by atoms with van der Waals surface area (Å²) < 4.78 is 0. The van der Waals surface area contributed by atoms with Crippen LogP contribution in [0.25, 0.3) is 0 Å². The highest BCUT2D eigenvalue weighted by atomic mass is 32.1. The fraction of sp³-hybridized carbons (Fsp3) is 0.200. The first-order valence-electron chi connectivity index (χ1n) is 2.24. The molecule has 8 heavy (non-hydrogen) atoms. The standard InChI is InChI=1S/C5H6N2S/c1-6-4-5-7-2-3-8-5/h2-3H,1,4H2. The van der Waals surface area contributed by atoms with E-state index in [-0.39, 0.29) is 0 Å². The molecule has 0 spiro atoms. The summed E-state index contributed by atoms with van der Waals surface area (Å²) in [5.74, 6) is 0. The highest BCUT2D eigenvalue weighted by Crippen LogP contribution is 2.03. The predicted molar refractivity (Wildman–Crippen MR) is 35.4 cm³/mol. The van der Waals surface area contributed by atoms with Gasteiger partial charge in [0.05, 0.1) is 6.54 Å². The topological polar surface area (TPSA) is 25.2 Å². The zero-order valence-corrected chi connectivity index (χ0v) is 5.19. The predicted octanol–water partition coefficient (Wildman–Crippen LogP) is 1.34. The Labute approximate surface area is 51.9 Å². The second-order valence-electron chi connectivity index (χ2n) is 1.31. The van der Waals surface area contributed by atoms with Gasteiger partial charge in [-0.3, -0.25) is 4.99 Å². The summed E-state index contributed by atoms with van der Waals surface area (Å²) in [6, 6.07) is 0. The molecule has 1 aromatic heterocycles. The third-order valence-corrected chi connectivity index (χ3v) is 1.49. The summed E-state index contributed by atoms with van der Waals surface area (Å²) in [6.07, 6.45) is 1.77. The summed E-state index contributed by atoms with van der Waals surface area (Å²) in [5.41, 5.74) is 0. The van der Waals surface area contributed by atoms with Gasteiger partial charge >= 0.3 is 0 Å². The van der Waals surface area contributed by atoms with Crippen molar-refractivity contribution in [2.75, 3.05) is 0 Å². The average Bonchev–Trinajstić information content (AvgIpc) is 2.19. The first-order chi connectivity index (χ1) is 3.93. The minimum Gasteiger partial charge on any atom is -0.294 e. The lowest BCUT2D eigenvalue weighted by atomic mass is 10.7. The van der Waals surface area contributed by atoms with Gasteiger partial charge in [-0.25, -0.2) is 4.98 Å². The van der Waals surface area contributed by atoms with Crippen molar-refractivity contribution in [1.82, 2.24) is 4.98 Å². The second-order valence-corrected chi connectivity index (χ2v) is 2.29. The van der Waals surface area contributed by atoms with Gasteiger partial charge in [0.15, 0.2) is 0 Å². The zero-order valence-electron chi connectivity index (χ0n) is 4.37. The zero-order chi connectivity index (χ0) is 5.82. The van der Waals surface area contributed by atoms with Crippen molar-refractivity contribution in [3.05, 3.63) is 16.6 Å². The number of hydrogen-bond acceptors (Lipinski definition) is 3. The lowest BCUT2D eigenvalue weighted by molar-refractivity contribution is 1.05. The molecule has 0 N–H and O–H groups in total. The number of rotatable bonds is 2. The number of aromatic nitrogens is 1. The molecule has 0 bridgehead atoms.